The Morgan fingerprint density at radius 2 is 0.855 bits per heavy atom. The van der Waals surface area contributed by atoms with Crippen LogP contribution < -0.4 is 21.3 Å². The van der Waals surface area contributed by atoms with Crippen LogP contribution in [0.15, 0.2) is 0 Å². The van der Waals surface area contributed by atoms with Crippen molar-refractivity contribution in [2.75, 3.05) is 78.9 Å². The molecule has 0 radical (unpaired) electrons. The zero-order chi connectivity index (χ0) is 51.2. The summed E-state index contributed by atoms with van der Waals surface area (Å²) < 4.78 is 32.3. The van der Waals surface area contributed by atoms with Crippen molar-refractivity contribution in [1.82, 2.24) is 26.2 Å². The highest BCUT2D eigenvalue weighted by Crippen LogP contribution is 2.24. The van der Waals surface area contributed by atoms with Crippen LogP contribution in [0.25, 0.3) is 0 Å². The van der Waals surface area contributed by atoms with Crippen LogP contribution in [0.5, 0.6) is 0 Å². The highest BCUT2D eigenvalue weighted by Gasteiger charge is 2.46. The predicted molar refractivity (Wildman–Crippen MR) is 230 cm³/mol. The Hall–Kier alpha value is -3.21. The lowest BCUT2D eigenvalue weighted by Gasteiger charge is -2.39. The van der Waals surface area contributed by atoms with E-state index < -0.39 is 149 Å². The van der Waals surface area contributed by atoms with Crippen molar-refractivity contribution in [3.63, 3.8) is 0 Å². The van der Waals surface area contributed by atoms with Crippen molar-refractivity contribution >= 4 is 29.4 Å². The van der Waals surface area contributed by atoms with Gasteiger partial charge in [0.2, 0.25) is 23.6 Å². The van der Waals surface area contributed by atoms with Gasteiger partial charge in [-0.25, -0.2) is 0 Å². The van der Waals surface area contributed by atoms with Crippen LogP contribution >= 0.6 is 0 Å². The van der Waals surface area contributed by atoms with Gasteiger partial charge in [-0.1, -0.05) is 0 Å². The van der Waals surface area contributed by atoms with E-state index >= 15 is 0 Å². The van der Waals surface area contributed by atoms with E-state index in [0.29, 0.717) is 25.7 Å². The molecule has 28 heteroatoms. The molecular weight excluding hydrogens is 930 g/mol. The van der Waals surface area contributed by atoms with Crippen LogP contribution in [0.4, 0.5) is 0 Å². The monoisotopic (exact) mass is 1000 g/mol. The lowest BCUT2D eigenvalue weighted by Crippen LogP contribution is -2.59. The summed E-state index contributed by atoms with van der Waals surface area (Å²) in [5.41, 5.74) is 0. The summed E-state index contributed by atoms with van der Waals surface area (Å²) in [7, 11) is 0. The van der Waals surface area contributed by atoms with Gasteiger partial charge >= 0.3 is 0 Å². The average molecular weight is 1000 g/mol. The van der Waals surface area contributed by atoms with Gasteiger partial charge in [0.05, 0.1) is 58.8 Å². The van der Waals surface area contributed by atoms with E-state index in [0.717, 1.165) is 0 Å². The smallest absolute Gasteiger partial charge is 0.237 e. The first-order valence-corrected chi connectivity index (χ1v) is 22.9. The minimum absolute atomic E-state index is 0.00881. The highest BCUT2D eigenvalue weighted by atomic mass is 16.7. The zero-order valence-corrected chi connectivity index (χ0v) is 38.5. The molecule has 3 rings (SSSR count). The van der Waals surface area contributed by atoms with Gasteiger partial charge in [-0.3, -0.25) is 24.1 Å². The second-order valence-corrected chi connectivity index (χ2v) is 16.9. The molecule has 400 valence electrons. The summed E-state index contributed by atoms with van der Waals surface area (Å²) >= 11 is 0. The highest BCUT2D eigenvalue weighted by molar-refractivity contribution is 5.86. The Bertz CT molecular complexity index is 1490. The molecule has 3 heterocycles. The largest absolute Gasteiger partial charge is 0.394 e. The molecular formula is C41H73N5O23. The lowest BCUT2D eigenvalue weighted by atomic mass is 9.99. The van der Waals surface area contributed by atoms with Crippen LogP contribution in [0.3, 0.4) is 0 Å². The number of ether oxygens (including phenoxy) is 6. The third kappa shape index (κ3) is 19.4. The molecule has 3 fully saturated rings. The Kier molecular flexibility index (Phi) is 27.3. The van der Waals surface area contributed by atoms with Gasteiger partial charge in [-0.2, -0.15) is 0 Å². The maximum atomic E-state index is 14.0. The third-order valence-electron chi connectivity index (χ3n) is 11.5. The zero-order valence-electron chi connectivity index (χ0n) is 38.5. The Morgan fingerprint density at radius 1 is 0.478 bits per heavy atom. The molecule has 3 aliphatic rings. The number of unbranched alkanes of at least 4 members (excludes halogenated alkanes) is 2. The second kappa shape index (κ2) is 31.3. The molecule has 0 bridgehead atoms. The fourth-order valence-electron chi connectivity index (χ4n) is 7.49. The van der Waals surface area contributed by atoms with Gasteiger partial charge in [-0.05, 0) is 39.0 Å². The Balaban J connectivity index is 1.71. The van der Waals surface area contributed by atoms with Crippen LogP contribution in [-0.4, -0.2) is 273 Å². The third-order valence-corrected chi connectivity index (χ3v) is 11.5. The number of nitrogens with zero attached hydrogens (tertiary/aromatic N) is 1. The molecule has 3 aliphatic heterocycles. The van der Waals surface area contributed by atoms with Gasteiger partial charge in [0.1, 0.15) is 79.0 Å². The SMILES string of the molecule is CC(=O)CCCCC(=O)NCCCC[C@@H](C(=O)NCCO[C@H]1O[C@H](CO)[C@@H](O)[C@H](O)[C@@H]1O)N(CC(=O)NCCO[C@H]1O[C@H](CO)[C@@H](O)[C@H](O)[C@@H]1O)CC(=O)NCCO[C@H]1O[C@H](CO)[C@@H](O)[C@H](O)[C@@H]1O. The van der Waals surface area contributed by atoms with Crippen LogP contribution in [0.2, 0.25) is 0 Å². The summed E-state index contributed by atoms with van der Waals surface area (Å²) in [6.07, 6.45) is -21.2. The molecule has 16 atom stereocenters. The van der Waals surface area contributed by atoms with E-state index in [1.807, 2.05) is 0 Å². The number of ketones is 1. The molecule has 0 spiro atoms. The number of amides is 4. The maximum absolute atomic E-state index is 14.0. The van der Waals surface area contributed by atoms with Gasteiger partial charge in [0.15, 0.2) is 18.9 Å². The predicted octanol–water partition coefficient (Wildman–Crippen LogP) is -9.11. The standard InChI is InChI=1S/C41H73N5O23/c1-21(50)6-2-3-8-26(51)42-9-5-4-7-22(38(63)45-12-15-66-41-37(62)34(59)31(56)25(20-49)69-41)46(16-27(52)43-10-13-64-39-35(60)32(57)29(54)23(18-47)67-39)17-28(53)44-11-14-65-40-36(61)33(58)30(55)24(19-48)68-40/h22-25,29-37,39-41,47-49,54-62H,2-20H2,1H3,(H,42,51)(H,43,52)(H,44,53)(H,45,63)/t22-,23+,24+,25+,29+,30+,31+,32-,33-,34-,35-,36-,37-,39-,40-,41-/m0/s1. The number of rotatable bonds is 31. The van der Waals surface area contributed by atoms with E-state index in [1.165, 1.54) is 11.8 Å². The number of carbonyl (C=O) groups excluding carboxylic acids is 5. The second-order valence-electron chi connectivity index (χ2n) is 16.9. The number of Topliss-reactive ketones (excluding diaryl/α,β-unsaturated/α-hetero) is 1. The molecule has 0 aromatic rings. The molecule has 0 aromatic carbocycles. The Labute approximate surface area is 397 Å². The van der Waals surface area contributed by atoms with Gasteiger partial charge < -0.3 is 116 Å². The summed E-state index contributed by atoms with van der Waals surface area (Å²) in [6, 6.07) is -1.23. The first-order chi connectivity index (χ1) is 32.8. The van der Waals surface area contributed by atoms with E-state index in [-0.39, 0.29) is 77.0 Å². The molecule has 0 aromatic heterocycles. The van der Waals surface area contributed by atoms with Crippen LogP contribution in [0, 0.1) is 0 Å². The van der Waals surface area contributed by atoms with Crippen molar-refractivity contribution < 1.29 is 114 Å². The number of aliphatic hydroxyl groups is 12. The van der Waals surface area contributed by atoms with Crippen molar-refractivity contribution in [2.24, 2.45) is 0 Å². The minimum atomic E-state index is -1.72. The average Bonchev–Trinajstić information content (AvgIpc) is 3.32. The first kappa shape index (κ1) is 60.1. The normalized spacial score (nSPS) is 32.0. The number of nitrogens with one attached hydrogen (secondary N) is 4. The van der Waals surface area contributed by atoms with Crippen molar-refractivity contribution in [3.05, 3.63) is 0 Å². The lowest BCUT2D eigenvalue weighted by molar-refractivity contribution is -0.300. The van der Waals surface area contributed by atoms with Crippen molar-refractivity contribution in [3.8, 4) is 0 Å². The molecule has 69 heavy (non-hydrogen) atoms. The van der Waals surface area contributed by atoms with Crippen molar-refractivity contribution in [2.45, 2.75) is 150 Å². The van der Waals surface area contributed by atoms with Crippen LogP contribution in [-0.2, 0) is 52.4 Å². The van der Waals surface area contributed by atoms with E-state index in [2.05, 4.69) is 21.3 Å². The van der Waals surface area contributed by atoms with Gasteiger partial charge in [0, 0.05) is 39.0 Å². The number of carbonyl (C=O) groups is 5. The first-order valence-electron chi connectivity index (χ1n) is 22.9. The molecule has 28 nitrogen and oxygen atoms in total. The fraction of sp³-hybridized carbons (Fsp3) is 0.878. The molecule has 0 unspecified atom stereocenters. The fourth-order valence-corrected chi connectivity index (χ4v) is 7.49. The molecule has 4 amide bonds. The van der Waals surface area contributed by atoms with E-state index in [1.54, 1.807) is 0 Å². The molecule has 0 aliphatic carbocycles. The molecule has 16 N–H and O–H groups in total. The topological polar surface area (TPSA) is 435 Å². The van der Waals surface area contributed by atoms with Crippen LogP contribution in [0.1, 0.15) is 51.9 Å². The summed E-state index contributed by atoms with van der Waals surface area (Å²) in [4.78, 5) is 65.7. The number of hydrogen-bond acceptors (Lipinski definition) is 24. The van der Waals surface area contributed by atoms with E-state index in [4.69, 9.17) is 28.4 Å². The van der Waals surface area contributed by atoms with E-state index in [9.17, 15) is 85.3 Å². The van der Waals surface area contributed by atoms with Gasteiger partial charge in [0.25, 0.3) is 0 Å². The number of hydrogen-bond donors (Lipinski definition) is 16. The maximum Gasteiger partial charge on any atom is 0.237 e. The summed E-state index contributed by atoms with van der Waals surface area (Å²) in [5.74, 6) is -2.40. The summed E-state index contributed by atoms with van der Waals surface area (Å²) in [5, 5.41) is 130. The molecule has 0 saturated carbocycles. The quantitative estimate of drug-likeness (QED) is 0.0287. The Morgan fingerprint density at radius 3 is 1.25 bits per heavy atom. The molecule has 3 saturated heterocycles. The minimum Gasteiger partial charge on any atom is -0.394 e. The van der Waals surface area contributed by atoms with Crippen molar-refractivity contribution in [1.29, 1.82) is 0 Å². The van der Waals surface area contributed by atoms with Gasteiger partial charge in [-0.15, -0.1) is 0 Å². The summed E-state index contributed by atoms with van der Waals surface area (Å²) in [6.45, 7) is -3.30. The number of aliphatic hydroxyl groups excluding tert-OH is 12.